The van der Waals surface area contributed by atoms with Crippen molar-refractivity contribution in [2.45, 2.75) is 105 Å². The van der Waals surface area contributed by atoms with E-state index in [2.05, 4.69) is 25.9 Å². The van der Waals surface area contributed by atoms with Gasteiger partial charge in [-0.3, -0.25) is 14.6 Å². The summed E-state index contributed by atoms with van der Waals surface area (Å²) in [7, 11) is 1.56. The molecule has 61 heavy (non-hydrogen) atoms. The fraction of sp³-hybridized carbons (Fsp3) is 0.447. The van der Waals surface area contributed by atoms with E-state index < -0.39 is 59.0 Å². The zero-order valence-corrected chi connectivity index (χ0v) is 36.5. The monoisotopic (exact) mass is 835 g/mol. The first-order valence-corrected chi connectivity index (χ1v) is 20.7. The van der Waals surface area contributed by atoms with E-state index in [1.807, 2.05) is 113 Å². The lowest BCUT2D eigenvalue weighted by Crippen LogP contribution is -2.59. The highest BCUT2D eigenvalue weighted by Crippen LogP contribution is 2.30. The molecule has 5 N–H and O–H groups in total. The van der Waals surface area contributed by atoms with Gasteiger partial charge >= 0.3 is 12.1 Å². The van der Waals surface area contributed by atoms with E-state index in [1.54, 1.807) is 43.7 Å². The molecule has 0 spiro atoms. The number of hydrogen-bond donors (Lipinski definition) is 5. The quantitative estimate of drug-likeness (QED) is 0.0851. The van der Waals surface area contributed by atoms with Gasteiger partial charge < -0.3 is 40.7 Å². The summed E-state index contributed by atoms with van der Waals surface area (Å²) in [5.41, 5.74) is 3.45. The molecule has 0 bridgehead atoms. The zero-order valence-electron chi connectivity index (χ0n) is 36.5. The van der Waals surface area contributed by atoms with Crippen LogP contribution in [0.25, 0.3) is 11.3 Å². The van der Waals surface area contributed by atoms with Crippen molar-refractivity contribution in [1.29, 1.82) is 0 Å². The molecule has 1 aliphatic heterocycles. The number of urea groups is 1. The van der Waals surface area contributed by atoms with Crippen molar-refractivity contribution in [2.24, 2.45) is 10.8 Å². The number of benzene rings is 2. The number of ether oxygens (including phenoxy) is 1. The molecule has 14 heteroatoms. The maximum Gasteiger partial charge on any atom is 0.405 e. The van der Waals surface area contributed by atoms with Gasteiger partial charge in [0.15, 0.2) is 0 Å². The predicted octanol–water partition coefficient (Wildman–Crippen LogP) is 6.00. The Morgan fingerprint density at radius 2 is 1.44 bits per heavy atom. The smallest absolute Gasteiger partial charge is 0.405 e. The van der Waals surface area contributed by atoms with Crippen LogP contribution >= 0.6 is 0 Å². The molecule has 1 fully saturated rings. The second kappa shape index (κ2) is 20.0. The Morgan fingerprint density at radius 1 is 0.770 bits per heavy atom. The average molecular weight is 836 g/mol. The number of carbonyl (C=O) groups excluding carboxylic acids is 3. The van der Waals surface area contributed by atoms with Gasteiger partial charge in [0.05, 0.1) is 37.2 Å². The standard InChI is InChI=1S/C47H61N7O7/c1-30-14-12-17-34(48-30)29-53-24-25-54(45(53)60)41(47(5,6)7)43(57)51-37(27-31-15-10-9-11-16-31)38(55)28-35(49-42(56)40(46(2,3)4)52-44(58)59)26-32-20-22-33(23-21-32)36-18-13-19-39(50-36)61-8/h9-23,35,37-38,40-41,52,55H,24-29H2,1-8H3,(H,49,56)(H,51,57)(H,58,59)/t35-,37-,38-,40+,41+/m0/s1. The normalized spacial score (nSPS) is 15.7. The van der Waals surface area contributed by atoms with E-state index in [9.17, 15) is 29.4 Å². The van der Waals surface area contributed by atoms with Crippen molar-refractivity contribution in [2.75, 3.05) is 20.2 Å². The maximum atomic E-state index is 14.6. The molecule has 5 amide bonds. The summed E-state index contributed by atoms with van der Waals surface area (Å²) < 4.78 is 5.30. The molecule has 326 valence electrons. The maximum absolute atomic E-state index is 14.6. The lowest BCUT2D eigenvalue weighted by Gasteiger charge is -2.38. The third-order valence-corrected chi connectivity index (χ3v) is 10.8. The van der Waals surface area contributed by atoms with Crippen LogP contribution in [0.5, 0.6) is 5.88 Å². The number of nitrogens with zero attached hydrogens (tertiary/aromatic N) is 4. The van der Waals surface area contributed by atoms with E-state index in [0.29, 0.717) is 25.5 Å². The number of nitrogens with one attached hydrogen (secondary N) is 3. The first-order chi connectivity index (χ1) is 28.8. The van der Waals surface area contributed by atoms with E-state index >= 15 is 0 Å². The van der Waals surface area contributed by atoms with Crippen molar-refractivity contribution in [3.63, 3.8) is 0 Å². The largest absolute Gasteiger partial charge is 0.481 e. The highest BCUT2D eigenvalue weighted by atomic mass is 16.5. The highest BCUT2D eigenvalue weighted by molar-refractivity contribution is 5.89. The van der Waals surface area contributed by atoms with Crippen molar-refractivity contribution >= 4 is 23.9 Å². The number of aliphatic hydroxyl groups excluding tert-OH is 1. The Bertz CT molecular complexity index is 2120. The van der Waals surface area contributed by atoms with Gasteiger partial charge in [-0.25, -0.2) is 14.6 Å². The number of hydrogen-bond acceptors (Lipinski definition) is 8. The Kier molecular flexibility index (Phi) is 15.1. The number of aryl methyl sites for hydroxylation is 1. The number of pyridine rings is 2. The molecule has 0 radical (unpaired) electrons. The van der Waals surface area contributed by atoms with Crippen molar-refractivity contribution < 1.29 is 34.1 Å². The van der Waals surface area contributed by atoms with Gasteiger partial charge in [-0.2, -0.15) is 0 Å². The third kappa shape index (κ3) is 12.7. The van der Waals surface area contributed by atoms with Crippen LogP contribution in [0.2, 0.25) is 0 Å². The van der Waals surface area contributed by atoms with Crippen LogP contribution in [0.3, 0.4) is 0 Å². The lowest BCUT2D eigenvalue weighted by molar-refractivity contribution is -0.131. The lowest BCUT2D eigenvalue weighted by atomic mass is 9.84. The molecule has 0 aliphatic carbocycles. The molecule has 5 atom stereocenters. The van der Waals surface area contributed by atoms with Crippen LogP contribution < -0.4 is 20.7 Å². The summed E-state index contributed by atoms with van der Waals surface area (Å²) in [5, 5.41) is 30.4. The number of aromatic nitrogens is 2. The van der Waals surface area contributed by atoms with Gasteiger partial charge in [0, 0.05) is 36.5 Å². The molecule has 2 aromatic carbocycles. The summed E-state index contributed by atoms with van der Waals surface area (Å²) in [4.78, 5) is 66.7. The Labute approximate surface area is 359 Å². The highest BCUT2D eigenvalue weighted by Gasteiger charge is 2.44. The summed E-state index contributed by atoms with van der Waals surface area (Å²) in [6.45, 7) is 14.0. The minimum Gasteiger partial charge on any atom is -0.481 e. The van der Waals surface area contributed by atoms with Gasteiger partial charge in [0.2, 0.25) is 17.7 Å². The number of carboxylic acid groups (broad SMARTS) is 1. The Hall–Kier alpha value is -6.02. The molecule has 14 nitrogen and oxygen atoms in total. The summed E-state index contributed by atoms with van der Waals surface area (Å²) in [6, 6.07) is 24.6. The average Bonchev–Trinajstić information content (AvgIpc) is 3.54. The fourth-order valence-electron chi connectivity index (χ4n) is 7.80. The first kappa shape index (κ1) is 46.1. The summed E-state index contributed by atoms with van der Waals surface area (Å²) in [5.74, 6) is -0.465. The minimum absolute atomic E-state index is 0.00669. The number of amides is 5. The van der Waals surface area contributed by atoms with Crippen molar-refractivity contribution in [3.05, 3.63) is 114 Å². The second-order valence-corrected chi connectivity index (χ2v) is 18.0. The number of methoxy groups -OCH3 is 1. The predicted molar refractivity (Wildman–Crippen MR) is 234 cm³/mol. The molecule has 4 aromatic rings. The fourth-order valence-corrected chi connectivity index (χ4v) is 7.80. The van der Waals surface area contributed by atoms with Gasteiger partial charge in [0.1, 0.15) is 12.1 Å². The number of rotatable bonds is 17. The molecule has 2 aromatic heterocycles. The second-order valence-electron chi connectivity index (χ2n) is 18.0. The topological polar surface area (TPSA) is 186 Å². The van der Waals surface area contributed by atoms with E-state index in [1.165, 1.54) is 0 Å². The van der Waals surface area contributed by atoms with Gasteiger partial charge in [-0.05, 0) is 66.3 Å². The molecule has 0 saturated carbocycles. The van der Waals surface area contributed by atoms with E-state index in [0.717, 1.165) is 33.8 Å². The summed E-state index contributed by atoms with van der Waals surface area (Å²) in [6.07, 6.45) is -1.97. The zero-order chi connectivity index (χ0) is 44.5. The molecular weight excluding hydrogens is 775 g/mol. The number of carbonyl (C=O) groups is 4. The van der Waals surface area contributed by atoms with Crippen molar-refractivity contribution in [1.82, 2.24) is 35.7 Å². The van der Waals surface area contributed by atoms with Crippen LogP contribution in [-0.4, -0.2) is 104 Å². The summed E-state index contributed by atoms with van der Waals surface area (Å²) >= 11 is 0. The van der Waals surface area contributed by atoms with Crippen LogP contribution in [0.4, 0.5) is 9.59 Å². The van der Waals surface area contributed by atoms with Gasteiger partial charge in [-0.15, -0.1) is 0 Å². The molecule has 5 rings (SSSR count). The minimum atomic E-state index is -1.33. The molecule has 0 unspecified atom stereocenters. The molecular formula is C47H61N7O7. The van der Waals surface area contributed by atoms with Crippen LogP contribution in [0, 0.1) is 17.8 Å². The third-order valence-electron chi connectivity index (χ3n) is 10.8. The number of aliphatic hydroxyl groups is 1. The SMILES string of the molecule is COc1cccc(-c2ccc(C[C@@H](C[C@H](O)[C@H](Cc3ccccc3)NC(=O)[C@@H](N3CCN(Cc4cccc(C)n4)C3=O)C(C)(C)C)NC(=O)[C@@H](NC(=O)O)C(C)(C)C)cc2)n1. The Morgan fingerprint density at radius 3 is 2.07 bits per heavy atom. The molecule has 1 aliphatic rings. The van der Waals surface area contributed by atoms with Gasteiger partial charge in [0.25, 0.3) is 0 Å². The van der Waals surface area contributed by atoms with Crippen LogP contribution in [-0.2, 0) is 29.0 Å². The molecule has 1 saturated heterocycles. The van der Waals surface area contributed by atoms with E-state index in [-0.39, 0.29) is 25.3 Å². The first-order valence-electron chi connectivity index (χ1n) is 20.7. The van der Waals surface area contributed by atoms with Gasteiger partial charge in [-0.1, -0.05) is 108 Å². The van der Waals surface area contributed by atoms with Crippen LogP contribution in [0.1, 0.15) is 70.5 Å². The van der Waals surface area contributed by atoms with E-state index in [4.69, 9.17) is 4.74 Å². The Balaban J connectivity index is 1.42. The van der Waals surface area contributed by atoms with Crippen LogP contribution in [0.15, 0.2) is 91.0 Å². The van der Waals surface area contributed by atoms with Crippen molar-refractivity contribution in [3.8, 4) is 17.1 Å². The molecule has 3 heterocycles.